The normalized spacial score (nSPS) is 15.7. The van der Waals surface area contributed by atoms with Gasteiger partial charge in [-0.15, -0.1) is 6.58 Å². The molecule has 1 amide bonds. The van der Waals surface area contributed by atoms with Crippen LogP contribution in [-0.4, -0.2) is 52.1 Å². The minimum Gasteiger partial charge on any atom is -0.378 e. The molecule has 0 saturated carbocycles. The maximum Gasteiger partial charge on any atom is 0.254 e. The van der Waals surface area contributed by atoms with E-state index in [-0.39, 0.29) is 17.3 Å². The summed E-state index contributed by atoms with van der Waals surface area (Å²) in [6.45, 7) is 5.65. The van der Waals surface area contributed by atoms with Crippen molar-refractivity contribution in [3.8, 4) is 0 Å². The molecule has 1 saturated heterocycles. The molecule has 0 bridgehead atoms. The van der Waals surface area contributed by atoms with Crippen molar-refractivity contribution in [2.45, 2.75) is 4.90 Å². The van der Waals surface area contributed by atoms with E-state index in [0.717, 1.165) is 0 Å². The van der Waals surface area contributed by atoms with Gasteiger partial charge in [-0.05, 0) is 18.2 Å². The van der Waals surface area contributed by atoms with Gasteiger partial charge >= 0.3 is 0 Å². The lowest BCUT2D eigenvalue weighted by atomic mass is 10.2. The minimum atomic E-state index is -3.63. The number of benzene rings is 1. The fourth-order valence-corrected chi connectivity index (χ4v) is 3.04. The number of hydrogen-bond donors (Lipinski definition) is 1. The number of hydrogen-bond acceptors (Lipinski definition) is 4. The zero-order chi connectivity index (χ0) is 15.3. The van der Waals surface area contributed by atoms with Crippen LogP contribution < -0.4 is 4.72 Å². The first kappa shape index (κ1) is 15.7. The number of ether oxygens (including phenoxy) is 1. The largest absolute Gasteiger partial charge is 0.378 e. The van der Waals surface area contributed by atoms with Gasteiger partial charge < -0.3 is 9.64 Å². The molecule has 0 atom stereocenters. The third kappa shape index (κ3) is 3.90. The smallest absolute Gasteiger partial charge is 0.254 e. The number of rotatable bonds is 5. The Morgan fingerprint density at radius 2 is 2.10 bits per heavy atom. The molecule has 6 nitrogen and oxygen atoms in total. The van der Waals surface area contributed by atoms with Crippen molar-refractivity contribution in [2.75, 3.05) is 32.8 Å². The number of amides is 1. The van der Waals surface area contributed by atoms with E-state index in [1.54, 1.807) is 17.0 Å². The highest BCUT2D eigenvalue weighted by molar-refractivity contribution is 7.89. The van der Waals surface area contributed by atoms with Crippen molar-refractivity contribution in [3.63, 3.8) is 0 Å². The predicted molar refractivity (Wildman–Crippen MR) is 78.6 cm³/mol. The fourth-order valence-electron chi connectivity index (χ4n) is 2.00. The van der Waals surface area contributed by atoms with Crippen LogP contribution in [0.1, 0.15) is 10.4 Å². The quantitative estimate of drug-likeness (QED) is 0.809. The first-order chi connectivity index (χ1) is 10.0. The van der Waals surface area contributed by atoms with Gasteiger partial charge in [-0.3, -0.25) is 4.79 Å². The van der Waals surface area contributed by atoms with E-state index in [0.29, 0.717) is 31.9 Å². The number of carbonyl (C=O) groups excluding carboxylic acids is 1. The Labute approximate surface area is 124 Å². The van der Waals surface area contributed by atoms with Crippen molar-refractivity contribution in [3.05, 3.63) is 42.5 Å². The lowest BCUT2D eigenvalue weighted by Crippen LogP contribution is -2.40. The van der Waals surface area contributed by atoms with Crippen LogP contribution in [0.4, 0.5) is 0 Å². The van der Waals surface area contributed by atoms with E-state index in [1.165, 1.54) is 18.2 Å². The van der Waals surface area contributed by atoms with Gasteiger partial charge in [-0.1, -0.05) is 12.1 Å². The fraction of sp³-hybridized carbons (Fsp3) is 0.357. The first-order valence-corrected chi connectivity index (χ1v) is 8.10. The van der Waals surface area contributed by atoms with Crippen LogP contribution >= 0.6 is 0 Å². The standard InChI is InChI=1S/C14H18N2O4S/c1-2-6-15-21(18,19)13-5-3-4-12(11-13)14(17)16-7-9-20-10-8-16/h2-5,11,15H,1,6-10H2. The Morgan fingerprint density at radius 3 is 2.76 bits per heavy atom. The van der Waals surface area contributed by atoms with Crippen LogP contribution in [0.25, 0.3) is 0 Å². The Hall–Kier alpha value is -1.70. The topological polar surface area (TPSA) is 75.7 Å². The second-order valence-corrected chi connectivity index (χ2v) is 6.34. The molecule has 1 aliphatic heterocycles. The average Bonchev–Trinajstić information content (AvgIpc) is 2.53. The van der Waals surface area contributed by atoms with Crippen LogP contribution in [0, 0.1) is 0 Å². The van der Waals surface area contributed by atoms with Gasteiger partial charge in [0.2, 0.25) is 10.0 Å². The molecule has 0 spiro atoms. The number of nitrogens with one attached hydrogen (secondary N) is 1. The van der Waals surface area contributed by atoms with E-state index in [9.17, 15) is 13.2 Å². The van der Waals surface area contributed by atoms with Crippen molar-refractivity contribution < 1.29 is 17.9 Å². The third-order valence-electron chi connectivity index (χ3n) is 3.11. The first-order valence-electron chi connectivity index (χ1n) is 6.62. The predicted octanol–water partition coefficient (Wildman–Crippen LogP) is 0.623. The second kappa shape index (κ2) is 6.84. The van der Waals surface area contributed by atoms with E-state index < -0.39 is 10.0 Å². The van der Waals surface area contributed by atoms with Gasteiger partial charge in [0.25, 0.3) is 5.91 Å². The van der Waals surface area contributed by atoms with Gasteiger partial charge in [0, 0.05) is 25.2 Å². The summed E-state index contributed by atoms with van der Waals surface area (Å²) in [5, 5.41) is 0. The summed E-state index contributed by atoms with van der Waals surface area (Å²) in [6, 6.07) is 6.03. The highest BCUT2D eigenvalue weighted by Gasteiger charge is 2.20. The highest BCUT2D eigenvalue weighted by Crippen LogP contribution is 2.14. The Kier molecular flexibility index (Phi) is 5.11. The summed E-state index contributed by atoms with van der Waals surface area (Å²) in [7, 11) is -3.63. The molecule has 0 aliphatic carbocycles. The number of carbonyl (C=O) groups is 1. The van der Waals surface area contributed by atoms with Gasteiger partial charge in [0.1, 0.15) is 0 Å². The van der Waals surface area contributed by atoms with E-state index in [1.807, 2.05) is 0 Å². The molecule has 1 aliphatic rings. The molecular formula is C14H18N2O4S. The molecule has 0 radical (unpaired) electrons. The molecular weight excluding hydrogens is 292 g/mol. The van der Waals surface area contributed by atoms with Crippen LogP contribution in [0.5, 0.6) is 0 Å². The zero-order valence-electron chi connectivity index (χ0n) is 11.6. The third-order valence-corrected chi connectivity index (χ3v) is 4.53. The monoisotopic (exact) mass is 310 g/mol. The lowest BCUT2D eigenvalue weighted by molar-refractivity contribution is 0.0302. The molecule has 1 fully saturated rings. The van der Waals surface area contributed by atoms with Crippen molar-refractivity contribution in [2.24, 2.45) is 0 Å². The molecule has 114 valence electrons. The Balaban J connectivity index is 2.20. The number of nitrogens with zero attached hydrogens (tertiary/aromatic N) is 1. The molecule has 7 heteroatoms. The average molecular weight is 310 g/mol. The maximum absolute atomic E-state index is 12.3. The maximum atomic E-state index is 12.3. The van der Waals surface area contributed by atoms with Crippen LogP contribution in [0.2, 0.25) is 0 Å². The summed E-state index contributed by atoms with van der Waals surface area (Å²) < 4.78 is 31.7. The van der Waals surface area contributed by atoms with Crippen molar-refractivity contribution in [1.29, 1.82) is 0 Å². The van der Waals surface area contributed by atoms with E-state index in [2.05, 4.69) is 11.3 Å². The van der Waals surface area contributed by atoms with Crippen LogP contribution in [-0.2, 0) is 14.8 Å². The molecule has 1 aromatic rings. The molecule has 2 rings (SSSR count). The zero-order valence-corrected chi connectivity index (χ0v) is 12.4. The van der Waals surface area contributed by atoms with Gasteiger partial charge in [-0.2, -0.15) is 0 Å². The van der Waals surface area contributed by atoms with E-state index in [4.69, 9.17) is 4.74 Å². The summed E-state index contributed by atoms with van der Waals surface area (Å²) in [4.78, 5) is 14.1. The molecule has 1 aromatic carbocycles. The molecule has 21 heavy (non-hydrogen) atoms. The second-order valence-electron chi connectivity index (χ2n) is 4.57. The summed E-state index contributed by atoms with van der Waals surface area (Å²) in [6.07, 6.45) is 1.46. The van der Waals surface area contributed by atoms with Gasteiger partial charge in [0.15, 0.2) is 0 Å². The highest BCUT2D eigenvalue weighted by atomic mass is 32.2. The van der Waals surface area contributed by atoms with Gasteiger partial charge in [0.05, 0.1) is 18.1 Å². The van der Waals surface area contributed by atoms with Crippen molar-refractivity contribution in [1.82, 2.24) is 9.62 Å². The van der Waals surface area contributed by atoms with Gasteiger partial charge in [-0.25, -0.2) is 13.1 Å². The van der Waals surface area contributed by atoms with Crippen LogP contribution in [0.3, 0.4) is 0 Å². The lowest BCUT2D eigenvalue weighted by Gasteiger charge is -2.27. The molecule has 0 unspecified atom stereocenters. The molecule has 0 aromatic heterocycles. The van der Waals surface area contributed by atoms with E-state index >= 15 is 0 Å². The number of morpholine rings is 1. The summed E-state index contributed by atoms with van der Waals surface area (Å²) in [5.74, 6) is -0.181. The molecule has 1 heterocycles. The van der Waals surface area contributed by atoms with Crippen LogP contribution in [0.15, 0.2) is 41.8 Å². The number of sulfonamides is 1. The SMILES string of the molecule is C=CCNS(=O)(=O)c1cccc(C(=O)N2CCOCC2)c1. The summed E-state index contributed by atoms with van der Waals surface area (Å²) in [5.41, 5.74) is 0.360. The Bertz CT molecular complexity index is 622. The molecule has 1 N–H and O–H groups in total. The summed E-state index contributed by atoms with van der Waals surface area (Å²) >= 11 is 0. The Morgan fingerprint density at radius 1 is 1.38 bits per heavy atom. The van der Waals surface area contributed by atoms with Crippen molar-refractivity contribution >= 4 is 15.9 Å². The minimum absolute atomic E-state index is 0.0726.